The SMILES string of the molecule is N/C(=N\O)c1ccc2[nH]c(O)c(-c3cc(Nc4ccc(N)cc4)c4ccccc4n3)c2c1. The number of fused-ring (bicyclic) bond motifs is 2. The lowest BCUT2D eigenvalue weighted by Gasteiger charge is -2.12. The predicted octanol–water partition coefficient (Wildman–Crippen LogP) is 4.51. The molecule has 8 heteroatoms. The van der Waals surface area contributed by atoms with Crippen LogP contribution in [0.2, 0.25) is 0 Å². The Balaban J connectivity index is 1.72. The predicted molar refractivity (Wildman–Crippen MR) is 127 cm³/mol. The number of oxime groups is 1. The first kappa shape index (κ1) is 19.3. The van der Waals surface area contributed by atoms with Crippen LogP contribution in [0.3, 0.4) is 0 Å². The average Bonchev–Trinajstić information content (AvgIpc) is 3.14. The highest BCUT2D eigenvalue weighted by Crippen LogP contribution is 2.39. The second-order valence-electron chi connectivity index (χ2n) is 7.41. The maximum absolute atomic E-state index is 10.7. The molecule has 5 aromatic rings. The fourth-order valence-corrected chi connectivity index (χ4v) is 3.78. The molecule has 0 bridgehead atoms. The molecule has 5 rings (SSSR count). The number of para-hydroxylation sites is 1. The van der Waals surface area contributed by atoms with Crippen molar-refractivity contribution >= 4 is 44.7 Å². The Morgan fingerprint density at radius 3 is 2.53 bits per heavy atom. The van der Waals surface area contributed by atoms with Crippen LogP contribution in [0.25, 0.3) is 33.1 Å². The summed E-state index contributed by atoms with van der Waals surface area (Å²) in [5.41, 5.74) is 17.1. The number of aromatic nitrogens is 2. The Kier molecular flexibility index (Phi) is 4.52. The highest BCUT2D eigenvalue weighted by Gasteiger charge is 2.18. The van der Waals surface area contributed by atoms with Gasteiger partial charge in [0.05, 0.1) is 22.5 Å². The van der Waals surface area contributed by atoms with Crippen molar-refractivity contribution in [2.45, 2.75) is 0 Å². The van der Waals surface area contributed by atoms with Crippen LogP contribution in [0.4, 0.5) is 17.1 Å². The molecule has 0 aliphatic rings. The maximum atomic E-state index is 10.7. The maximum Gasteiger partial charge on any atom is 0.199 e. The fraction of sp³-hybridized carbons (Fsp3) is 0. The summed E-state index contributed by atoms with van der Waals surface area (Å²) in [6.45, 7) is 0. The number of aromatic amines is 1. The van der Waals surface area contributed by atoms with Gasteiger partial charge in [0.25, 0.3) is 0 Å². The molecule has 0 saturated heterocycles. The first-order valence-corrected chi connectivity index (χ1v) is 9.89. The summed E-state index contributed by atoms with van der Waals surface area (Å²) in [5.74, 6) is -0.0337. The largest absolute Gasteiger partial charge is 0.494 e. The third kappa shape index (κ3) is 3.29. The number of hydrogen-bond donors (Lipinski definition) is 6. The zero-order valence-electron chi connectivity index (χ0n) is 16.9. The number of nitrogens with two attached hydrogens (primary N) is 2. The fourth-order valence-electron chi connectivity index (χ4n) is 3.78. The molecule has 0 spiro atoms. The normalized spacial score (nSPS) is 11.8. The molecule has 0 saturated carbocycles. The van der Waals surface area contributed by atoms with Gasteiger partial charge in [-0.05, 0) is 54.6 Å². The van der Waals surface area contributed by atoms with Crippen LogP contribution in [0.5, 0.6) is 5.88 Å². The first-order chi connectivity index (χ1) is 15.5. The number of rotatable bonds is 4. The van der Waals surface area contributed by atoms with E-state index in [0.717, 1.165) is 22.3 Å². The molecule has 0 radical (unpaired) electrons. The number of nitrogen functional groups attached to an aromatic ring is 1. The highest BCUT2D eigenvalue weighted by molar-refractivity contribution is 6.06. The highest BCUT2D eigenvalue weighted by atomic mass is 16.4. The van der Waals surface area contributed by atoms with Crippen molar-refractivity contribution in [2.24, 2.45) is 10.9 Å². The van der Waals surface area contributed by atoms with Crippen molar-refractivity contribution in [2.75, 3.05) is 11.1 Å². The van der Waals surface area contributed by atoms with Crippen molar-refractivity contribution in [3.63, 3.8) is 0 Å². The third-order valence-electron chi connectivity index (χ3n) is 5.34. The molecule has 158 valence electrons. The quantitative estimate of drug-likeness (QED) is 0.0823. The van der Waals surface area contributed by atoms with Gasteiger partial charge in [0.1, 0.15) is 0 Å². The number of H-pyrrole nitrogens is 1. The van der Waals surface area contributed by atoms with Crippen LogP contribution in [0.15, 0.2) is 78.0 Å². The minimum absolute atomic E-state index is 0.0159. The van der Waals surface area contributed by atoms with Gasteiger partial charge in [-0.2, -0.15) is 0 Å². The minimum Gasteiger partial charge on any atom is -0.494 e. The molecule has 0 aliphatic heterocycles. The van der Waals surface area contributed by atoms with Gasteiger partial charge in [-0.25, -0.2) is 4.98 Å². The van der Waals surface area contributed by atoms with Crippen LogP contribution in [-0.2, 0) is 0 Å². The number of pyridine rings is 1. The van der Waals surface area contributed by atoms with Crippen LogP contribution in [0.1, 0.15) is 5.56 Å². The van der Waals surface area contributed by atoms with Crippen LogP contribution in [-0.4, -0.2) is 26.1 Å². The summed E-state index contributed by atoms with van der Waals surface area (Å²) in [7, 11) is 0. The average molecular weight is 424 g/mol. The number of nitrogens with zero attached hydrogens (tertiary/aromatic N) is 2. The van der Waals surface area contributed by atoms with Crippen molar-refractivity contribution in [1.29, 1.82) is 0 Å². The molecule has 32 heavy (non-hydrogen) atoms. The summed E-state index contributed by atoms with van der Waals surface area (Å²) in [6, 6.07) is 22.3. The molecule has 8 N–H and O–H groups in total. The number of amidine groups is 1. The van der Waals surface area contributed by atoms with Crippen LogP contribution in [0, 0.1) is 0 Å². The van der Waals surface area contributed by atoms with Crippen molar-refractivity contribution in [3.8, 4) is 17.1 Å². The lowest BCUT2D eigenvalue weighted by molar-refractivity contribution is 0.318. The number of aromatic hydroxyl groups is 1. The Hall–Kier alpha value is -4.72. The third-order valence-corrected chi connectivity index (χ3v) is 5.34. The lowest BCUT2D eigenvalue weighted by Crippen LogP contribution is -2.12. The summed E-state index contributed by atoms with van der Waals surface area (Å²) in [6.07, 6.45) is 0. The number of anilines is 3. The second-order valence-corrected chi connectivity index (χ2v) is 7.41. The van der Waals surface area contributed by atoms with Gasteiger partial charge in [-0.15, -0.1) is 0 Å². The van der Waals surface area contributed by atoms with E-state index in [0.29, 0.717) is 33.4 Å². The van der Waals surface area contributed by atoms with Crippen molar-refractivity contribution in [3.05, 3.63) is 78.4 Å². The molecule has 0 fully saturated rings. The van der Waals surface area contributed by atoms with Crippen LogP contribution < -0.4 is 16.8 Å². The molecule has 0 amide bonds. The summed E-state index contributed by atoms with van der Waals surface area (Å²) in [5, 5.41) is 27.9. The van der Waals surface area contributed by atoms with E-state index in [1.807, 2.05) is 54.6 Å². The Bertz CT molecular complexity index is 1490. The standard InChI is InChI=1S/C24H20N6O2/c25-14-6-8-15(9-7-14)27-20-12-21(28-18-4-2-1-3-16(18)20)22-17-11-13(23(26)30-32)5-10-19(17)29-24(22)31/h1-12,29,31-32H,25H2,(H2,26,30)(H,27,28). The molecule has 3 aromatic carbocycles. The van der Waals surface area contributed by atoms with E-state index in [2.05, 4.69) is 15.5 Å². The Labute approximate surface area is 182 Å². The molecule has 0 unspecified atom stereocenters. The van der Waals surface area contributed by atoms with Gasteiger partial charge in [0, 0.05) is 33.2 Å². The summed E-state index contributed by atoms with van der Waals surface area (Å²) >= 11 is 0. The molecular weight excluding hydrogens is 404 g/mol. The monoisotopic (exact) mass is 424 g/mol. The topological polar surface area (TPSA) is 146 Å². The molecule has 0 aliphatic carbocycles. The molecule has 0 atom stereocenters. The molecule has 2 aromatic heterocycles. The van der Waals surface area contributed by atoms with E-state index < -0.39 is 0 Å². The summed E-state index contributed by atoms with van der Waals surface area (Å²) in [4.78, 5) is 7.76. The second kappa shape index (κ2) is 7.51. The van der Waals surface area contributed by atoms with Gasteiger partial charge in [0.15, 0.2) is 11.7 Å². The molecule has 8 nitrogen and oxygen atoms in total. The van der Waals surface area contributed by atoms with Gasteiger partial charge >= 0.3 is 0 Å². The Morgan fingerprint density at radius 1 is 0.969 bits per heavy atom. The van der Waals surface area contributed by atoms with Crippen molar-refractivity contribution in [1.82, 2.24) is 9.97 Å². The van der Waals surface area contributed by atoms with E-state index in [4.69, 9.17) is 21.7 Å². The minimum atomic E-state index is -0.0179. The van der Waals surface area contributed by atoms with E-state index in [1.165, 1.54) is 0 Å². The number of nitrogens with one attached hydrogen (secondary N) is 2. The zero-order chi connectivity index (χ0) is 22.2. The Morgan fingerprint density at radius 2 is 1.75 bits per heavy atom. The van der Waals surface area contributed by atoms with Gasteiger partial charge in [-0.3, -0.25) is 0 Å². The molecular formula is C24H20N6O2. The number of benzene rings is 3. The zero-order valence-corrected chi connectivity index (χ0v) is 16.9. The number of hydrogen-bond acceptors (Lipinski definition) is 6. The smallest absolute Gasteiger partial charge is 0.199 e. The van der Waals surface area contributed by atoms with Crippen molar-refractivity contribution < 1.29 is 10.3 Å². The summed E-state index contributed by atoms with van der Waals surface area (Å²) < 4.78 is 0. The van der Waals surface area contributed by atoms with E-state index in [-0.39, 0.29) is 11.7 Å². The first-order valence-electron chi connectivity index (χ1n) is 9.89. The molecule has 2 heterocycles. The van der Waals surface area contributed by atoms with Gasteiger partial charge in [-0.1, -0.05) is 23.4 Å². The van der Waals surface area contributed by atoms with E-state index in [9.17, 15) is 5.11 Å². The van der Waals surface area contributed by atoms with Crippen LogP contribution >= 0.6 is 0 Å². The van der Waals surface area contributed by atoms with Gasteiger partial charge in [0.2, 0.25) is 0 Å². The van der Waals surface area contributed by atoms with E-state index >= 15 is 0 Å². The van der Waals surface area contributed by atoms with Gasteiger partial charge < -0.3 is 32.1 Å². The van der Waals surface area contributed by atoms with E-state index in [1.54, 1.807) is 18.2 Å². The lowest BCUT2D eigenvalue weighted by atomic mass is 10.0.